The van der Waals surface area contributed by atoms with Gasteiger partial charge in [0.2, 0.25) is 0 Å². The minimum atomic E-state index is 0.635. The number of benzene rings is 1. The number of carbonyl (C=O) groups excluding carboxylic acids is 1. The molecule has 1 aromatic rings. The summed E-state index contributed by atoms with van der Waals surface area (Å²) >= 11 is 0. The van der Waals surface area contributed by atoms with Crippen LogP contribution in [0.2, 0.25) is 0 Å². The van der Waals surface area contributed by atoms with E-state index in [0.29, 0.717) is 6.54 Å². The molecule has 62 valence electrons. The topological polar surface area (TPSA) is 32.7 Å². The second-order valence-corrected chi connectivity index (χ2v) is 2.49. The van der Waals surface area contributed by atoms with Gasteiger partial charge in [0.15, 0.2) is 0 Å². The monoisotopic (exact) mass is 162 g/mol. The molecule has 3 nitrogen and oxygen atoms in total. The van der Waals surface area contributed by atoms with Gasteiger partial charge in [-0.05, 0) is 5.56 Å². The first-order valence-corrected chi connectivity index (χ1v) is 3.66. The van der Waals surface area contributed by atoms with Crippen molar-refractivity contribution >= 4 is 6.08 Å². The average Bonchev–Trinajstić information content (AvgIpc) is 2.06. The molecule has 0 N–H and O–H groups in total. The summed E-state index contributed by atoms with van der Waals surface area (Å²) in [5, 5.41) is 4.99. The van der Waals surface area contributed by atoms with Crippen LogP contribution in [-0.4, -0.2) is 18.1 Å². The van der Waals surface area contributed by atoms with Crippen LogP contribution in [0.3, 0.4) is 0 Å². The zero-order valence-electron chi connectivity index (χ0n) is 6.90. The fourth-order valence-corrected chi connectivity index (χ4v) is 0.953. The molecule has 0 saturated heterocycles. The van der Waals surface area contributed by atoms with Gasteiger partial charge in [-0.2, -0.15) is 0 Å². The fraction of sp³-hybridized carbons (Fsp3) is 0.222. The van der Waals surface area contributed by atoms with Gasteiger partial charge in [0, 0.05) is 7.05 Å². The van der Waals surface area contributed by atoms with Crippen molar-refractivity contribution in [2.75, 3.05) is 7.05 Å². The van der Waals surface area contributed by atoms with Gasteiger partial charge in [-0.1, -0.05) is 35.4 Å². The quantitative estimate of drug-likeness (QED) is 0.382. The zero-order chi connectivity index (χ0) is 8.81. The molecular formula is C9H10N2O. The van der Waals surface area contributed by atoms with E-state index < -0.39 is 0 Å². The summed E-state index contributed by atoms with van der Waals surface area (Å²) < 4.78 is 0. The number of hydrogen-bond acceptors (Lipinski definition) is 3. The van der Waals surface area contributed by atoms with Gasteiger partial charge in [0.1, 0.15) is 0 Å². The van der Waals surface area contributed by atoms with Crippen molar-refractivity contribution < 1.29 is 4.79 Å². The molecule has 1 rings (SSSR count). The summed E-state index contributed by atoms with van der Waals surface area (Å²) in [5.41, 5.74) is 1.12. The van der Waals surface area contributed by atoms with Gasteiger partial charge in [0.25, 0.3) is 6.08 Å². The van der Waals surface area contributed by atoms with Crippen molar-refractivity contribution in [3.8, 4) is 0 Å². The lowest BCUT2D eigenvalue weighted by molar-refractivity contribution is 0.343. The van der Waals surface area contributed by atoms with Crippen LogP contribution in [0.5, 0.6) is 0 Å². The summed E-state index contributed by atoms with van der Waals surface area (Å²) in [7, 11) is 1.73. The maximum Gasteiger partial charge on any atom is 0.258 e. The third-order valence-electron chi connectivity index (χ3n) is 1.47. The molecule has 0 saturated carbocycles. The van der Waals surface area contributed by atoms with Gasteiger partial charge in [0.05, 0.1) is 6.54 Å². The van der Waals surface area contributed by atoms with Crippen LogP contribution in [0.15, 0.2) is 35.4 Å². The summed E-state index contributed by atoms with van der Waals surface area (Å²) in [6.07, 6.45) is 1.49. The molecule has 12 heavy (non-hydrogen) atoms. The van der Waals surface area contributed by atoms with E-state index in [0.717, 1.165) is 5.56 Å². The van der Waals surface area contributed by atoms with Crippen molar-refractivity contribution in [3.05, 3.63) is 35.9 Å². The van der Waals surface area contributed by atoms with Crippen LogP contribution in [0.4, 0.5) is 0 Å². The maximum absolute atomic E-state index is 9.87. The number of hydrogen-bond donors (Lipinski definition) is 0. The molecular weight excluding hydrogens is 152 g/mol. The molecule has 0 bridgehead atoms. The Morgan fingerprint density at radius 2 is 2.08 bits per heavy atom. The third-order valence-corrected chi connectivity index (χ3v) is 1.47. The van der Waals surface area contributed by atoms with Crippen LogP contribution >= 0.6 is 0 Å². The van der Waals surface area contributed by atoms with Crippen LogP contribution in [0.1, 0.15) is 5.56 Å². The molecule has 0 aliphatic carbocycles. The van der Waals surface area contributed by atoms with E-state index in [9.17, 15) is 4.79 Å². The van der Waals surface area contributed by atoms with E-state index in [1.165, 1.54) is 6.08 Å². The number of nitrogens with zero attached hydrogens (tertiary/aromatic N) is 2. The number of isocyanates is 1. The summed E-state index contributed by atoms with van der Waals surface area (Å²) in [4.78, 5) is 9.87. The van der Waals surface area contributed by atoms with Gasteiger partial charge < -0.3 is 0 Å². The molecule has 0 heterocycles. The molecule has 0 atom stereocenters. The average molecular weight is 162 g/mol. The highest BCUT2D eigenvalue weighted by atomic mass is 16.1. The Labute approximate surface area is 71.3 Å². The Morgan fingerprint density at radius 3 is 2.67 bits per heavy atom. The Hall–Kier alpha value is -1.60. The van der Waals surface area contributed by atoms with E-state index in [1.54, 1.807) is 12.1 Å². The first-order valence-electron chi connectivity index (χ1n) is 3.66. The minimum absolute atomic E-state index is 0.635. The highest BCUT2D eigenvalue weighted by Crippen LogP contribution is 2.01. The van der Waals surface area contributed by atoms with Crippen molar-refractivity contribution in [2.24, 2.45) is 5.10 Å². The van der Waals surface area contributed by atoms with Crippen molar-refractivity contribution in [1.29, 1.82) is 0 Å². The first-order chi connectivity index (χ1) is 5.83. The molecule has 3 heteroatoms. The number of rotatable bonds is 3. The van der Waals surface area contributed by atoms with E-state index in [-0.39, 0.29) is 0 Å². The molecule has 0 amide bonds. The van der Waals surface area contributed by atoms with Gasteiger partial charge in [-0.25, -0.2) is 4.79 Å². The first kappa shape index (κ1) is 8.50. The molecule has 0 radical (unpaired) electrons. The second-order valence-electron chi connectivity index (χ2n) is 2.49. The van der Waals surface area contributed by atoms with E-state index >= 15 is 0 Å². The summed E-state index contributed by atoms with van der Waals surface area (Å²) in [6, 6.07) is 9.82. The zero-order valence-corrected chi connectivity index (χ0v) is 6.90. The second kappa shape index (κ2) is 4.31. The largest absolute Gasteiger partial charge is 0.285 e. The molecule has 0 aliphatic rings. The molecule has 0 aromatic heterocycles. The van der Waals surface area contributed by atoms with E-state index in [4.69, 9.17) is 0 Å². The summed E-state index contributed by atoms with van der Waals surface area (Å²) in [6.45, 7) is 0.635. The SMILES string of the molecule is CN(Cc1ccccc1)N=C=O. The molecule has 1 aromatic carbocycles. The predicted octanol–water partition coefficient (Wildman–Crippen LogP) is 1.37. The Bertz CT molecular complexity index is 278. The third kappa shape index (κ3) is 2.56. The van der Waals surface area contributed by atoms with Crippen LogP contribution in [-0.2, 0) is 11.3 Å². The standard InChI is InChI=1S/C9H10N2O/c1-11(10-8-12)7-9-5-3-2-4-6-9/h2-6H,7H2,1H3. The minimum Gasteiger partial charge on any atom is -0.285 e. The van der Waals surface area contributed by atoms with Crippen LogP contribution in [0, 0.1) is 0 Å². The van der Waals surface area contributed by atoms with Crippen molar-refractivity contribution in [3.63, 3.8) is 0 Å². The van der Waals surface area contributed by atoms with Gasteiger partial charge >= 0.3 is 0 Å². The smallest absolute Gasteiger partial charge is 0.258 e. The van der Waals surface area contributed by atoms with Gasteiger partial charge in [-0.3, -0.25) is 5.01 Å². The maximum atomic E-state index is 9.87. The van der Waals surface area contributed by atoms with E-state index in [1.807, 2.05) is 30.3 Å². The van der Waals surface area contributed by atoms with E-state index in [2.05, 4.69) is 5.10 Å². The Balaban J connectivity index is 2.58. The molecule has 0 spiro atoms. The lowest BCUT2D eigenvalue weighted by Crippen LogP contribution is -2.09. The lowest BCUT2D eigenvalue weighted by Gasteiger charge is -2.09. The molecule has 0 aliphatic heterocycles. The lowest BCUT2D eigenvalue weighted by atomic mass is 10.2. The normalized spacial score (nSPS) is 8.75. The van der Waals surface area contributed by atoms with Crippen molar-refractivity contribution in [1.82, 2.24) is 5.01 Å². The van der Waals surface area contributed by atoms with Crippen LogP contribution in [0.25, 0.3) is 0 Å². The van der Waals surface area contributed by atoms with Crippen LogP contribution < -0.4 is 0 Å². The summed E-state index contributed by atoms with van der Waals surface area (Å²) in [5.74, 6) is 0. The molecule has 0 fully saturated rings. The number of hydrazone groups is 1. The highest BCUT2D eigenvalue weighted by molar-refractivity contribution is 5.32. The molecule has 0 unspecified atom stereocenters. The Kier molecular flexibility index (Phi) is 3.05. The fourth-order valence-electron chi connectivity index (χ4n) is 0.953. The highest BCUT2D eigenvalue weighted by Gasteiger charge is 1.93. The predicted molar refractivity (Wildman–Crippen MR) is 46.0 cm³/mol. The van der Waals surface area contributed by atoms with Gasteiger partial charge in [-0.15, -0.1) is 0 Å². The van der Waals surface area contributed by atoms with Crippen molar-refractivity contribution in [2.45, 2.75) is 6.54 Å². The Morgan fingerprint density at radius 1 is 1.42 bits per heavy atom.